The van der Waals surface area contributed by atoms with Crippen molar-refractivity contribution in [1.82, 2.24) is 0 Å². The maximum atomic E-state index is 5.83. The number of fused-ring (bicyclic) bond motifs is 6. The smallest absolute Gasteiger partial charge is 0.0923 e. The summed E-state index contributed by atoms with van der Waals surface area (Å²) < 4.78 is 5.83. The molecule has 13 heavy (non-hydrogen) atoms. The molecule has 0 N–H and O–H groups in total. The summed E-state index contributed by atoms with van der Waals surface area (Å²) in [5.74, 6) is 4.32. The Bertz CT molecular complexity index is 262. The minimum absolute atomic E-state index is 0.339. The highest BCUT2D eigenvalue weighted by Crippen LogP contribution is 2.63. The highest BCUT2D eigenvalue weighted by Gasteiger charge is 2.63. The Hall–Kier alpha value is -0.0400. The Morgan fingerprint density at radius 3 is 2.69 bits per heavy atom. The van der Waals surface area contributed by atoms with Gasteiger partial charge in [-0.15, -0.1) is 0 Å². The Balaban J connectivity index is 1.67. The number of rotatable bonds is 0. The van der Waals surface area contributed by atoms with Gasteiger partial charge in [-0.05, 0) is 62.7 Å². The van der Waals surface area contributed by atoms with Gasteiger partial charge in [0.1, 0.15) is 0 Å². The zero-order chi connectivity index (χ0) is 8.63. The first-order valence-electron chi connectivity index (χ1n) is 5.94. The van der Waals surface area contributed by atoms with Crippen LogP contribution in [0.2, 0.25) is 0 Å². The Kier molecular flexibility index (Phi) is 1.11. The molecule has 3 aliphatic carbocycles. The first kappa shape index (κ1) is 7.28. The van der Waals surface area contributed by atoms with E-state index in [2.05, 4.69) is 6.92 Å². The van der Waals surface area contributed by atoms with Crippen LogP contribution in [-0.4, -0.2) is 11.7 Å². The SMILES string of the molecule is C[C@]12C[C@@H]3[C@H]4CC[C@@H](C4)[C@@H]3C[C@H]1O2. The predicted octanol–water partition coefficient (Wildman–Crippen LogP) is 2.60. The lowest BCUT2D eigenvalue weighted by atomic mass is 9.68. The molecule has 1 nitrogen and oxygen atoms in total. The van der Waals surface area contributed by atoms with Crippen molar-refractivity contribution in [3.05, 3.63) is 0 Å². The molecular weight excluding hydrogens is 160 g/mol. The molecule has 0 unspecified atom stereocenters. The van der Waals surface area contributed by atoms with Crippen molar-refractivity contribution < 1.29 is 4.74 Å². The fourth-order valence-electron chi connectivity index (χ4n) is 4.70. The van der Waals surface area contributed by atoms with Crippen molar-refractivity contribution in [3.63, 3.8) is 0 Å². The fraction of sp³-hybridized carbons (Fsp3) is 1.00. The van der Waals surface area contributed by atoms with Crippen molar-refractivity contribution >= 4 is 0 Å². The number of hydrogen-bond acceptors (Lipinski definition) is 1. The second-order valence-corrected chi connectivity index (χ2v) is 6.02. The van der Waals surface area contributed by atoms with Crippen molar-refractivity contribution in [3.8, 4) is 0 Å². The van der Waals surface area contributed by atoms with Crippen LogP contribution < -0.4 is 0 Å². The van der Waals surface area contributed by atoms with E-state index in [-0.39, 0.29) is 0 Å². The third-order valence-electron chi connectivity index (χ3n) is 5.44. The lowest BCUT2D eigenvalue weighted by Gasteiger charge is -2.35. The van der Waals surface area contributed by atoms with Gasteiger partial charge in [-0.25, -0.2) is 0 Å². The maximum absolute atomic E-state index is 5.83. The van der Waals surface area contributed by atoms with Crippen LogP contribution in [0.25, 0.3) is 0 Å². The molecule has 6 atom stereocenters. The van der Waals surface area contributed by atoms with Crippen molar-refractivity contribution in [2.75, 3.05) is 0 Å². The van der Waals surface area contributed by atoms with Crippen molar-refractivity contribution in [2.24, 2.45) is 23.7 Å². The molecule has 0 aromatic carbocycles. The van der Waals surface area contributed by atoms with Crippen LogP contribution in [0.4, 0.5) is 0 Å². The summed E-state index contributed by atoms with van der Waals surface area (Å²) in [5.41, 5.74) is 0.339. The van der Waals surface area contributed by atoms with Crippen molar-refractivity contribution in [1.29, 1.82) is 0 Å². The monoisotopic (exact) mass is 178 g/mol. The topological polar surface area (TPSA) is 12.5 Å². The summed E-state index contributed by atoms with van der Waals surface area (Å²) in [7, 11) is 0. The Morgan fingerprint density at radius 2 is 1.85 bits per heavy atom. The van der Waals surface area contributed by atoms with Gasteiger partial charge in [-0.3, -0.25) is 0 Å². The first-order chi connectivity index (χ1) is 6.26. The average molecular weight is 178 g/mol. The second kappa shape index (κ2) is 1.98. The molecule has 1 heterocycles. The molecule has 72 valence electrons. The third kappa shape index (κ3) is 0.782. The van der Waals surface area contributed by atoms with Crippen LogP contribution in [0.3, 0.4) is 0 Å². The van der Waals surface area contributed by atoms with Gasteiger partial charge in [0.2, 0.25) is 0 Å². The Labute approximate surface area is 79.8 Å². The average Bonchev–Trinajstić information content (AvgIpc) is 2.50. The van der Waals surface area contributed by atoms with Crippen LogP contribution in [0.5, 0.6) is 0 Å². The molecule has 2 bridgehead atoms. The van der Waals surface area contributed by atoms with Gasteiger partial charge < -0.3 is 4.74 Å². The van der Waals surface area contributed by atoms with E-state index in [4.69, 9.17) is 4.74 Å². The summed E-state index contributed by atoms with van der Waals surface area (Å²) in [6.07, 6.45) is 8.10. The van der Waals surface area contributed by atoms with Crippen molar-refractivity contribution in [2.45, 2.75) is 50.7 Å². The third-order valence-corrected chi connectivity index (χ3v) is 5.44. The van der Waals surface area contributed by atoms with Gasteiger partial charge in [-0.2, -0.15) is 0 Å². The molecule has 0 aromatic heterocycles. The van der Waals surface area contributed by atoms with E-state index in [0.29, 0.717) is 11.7 Å². The van der Waals surface area contributed by atoms with Gasteiger partial charge in [0.15, 0.2) is 0 Å². The molecule has 0 spiro atoms. The zero-order valence-electron chi connectivity index (χ0n) is 8.33. The predicted molar refractivity (Wildman–Crippen MR) is 50.3 cm³/mol. The van der Waals surface area contributed by atoms with Crippen LogP contribution in [0.1, 0.15) is 39.0 Å². The molecule has 3 saturated carbocycles. The summed E-state index contributed by atoms with van der Waals surface area (Å²) in [6.45, 7) is 2.33. The molecule has 1 heteroatoms. The van der Waals surface area contributed by atoms with Crippen LogP contribution in [0, 0.1) is 23.7 Å². The standard InChI is InChI=1S/C12H18O/c1-12-6-10-8-3-2-7(4-8)9(10)5-11(12)13-12/h7-11H,2-6H2,1H3/t7-,8-,9-,10+,11+,12-/m0/s1. The first-order valence-corrected chi connectivity index (χ1v) is 5.94. The van der Waals surface area contributed by atoms with Gasteiger partial charge >= 0.3 is 0 Å². The van der Waals surface area contributed by atoms with Gasteiger partial charge in [0, 0.05) is 0 Å². The van der Waals surface area contributed by atoms with E-state index in [1.807, 2.05) is 0 Å². The molecule has 4 aliphatic rings. The van der Waals surface area contributed by atoms with E-state index < -0.39 is 0 Å². The highest BCUT2D eigenvalue weighted by molar-refractivity contribution is 5.12. The zero-order valence-corrected chi connectivity index (χ0v) is 8.33. The molecule has 0 radical (unpaired) electrons. The fourth-order valence-corrected chi connectivity index (χ4v) is 4.70. The number of epoxide rings is 1. The van der Waals surface area contributed by atoms with Crippen LogP contribution in [0.15, 0.2) is 0 Å². The molecule has 0 amide bonds. The van der Waals surface area contributed by atoms with E-state index in [1.54, 1.807) is 6.42 Å². The minimum atomic E-state index is 0.339. The quantitative estimate of drug-likeness (QED) is 0.519. The highest BCUT2D eigenvalue weighted by atomic mass is 16.6. The molecule has 0 aromatic rings. The lowest BCUT2D eigenvalue weighted by molar-refractivity contribution is 0.153. The summed E-state index contributed by atoms with van der Waals surface area (Å²) in [6, 6.07) is 0. The van der Waals surface area contributed by atoms with Gasteiger partial charge in [0.25, 0.3) is 0 Å². The van der Waals surface area contributed by atoms with Gasteiger partial charge in [-0.1, -0.05) is 0 Å². The Morgan fingerprint density at radius 1 is 1.08 bits per heavy atom. The molecule has 1 saturated heterocycles. The normalized spacial score (nSPS) is 67.6. The number of ether oxygens (including phenoxy) is 1. The maximum Gasteiger partial charge on any atom is 0.0923 e. The van der Waals surface area contributed by atoms with Crippen LogP contribution in [-0.2, 0) is 4.74 Å². The molecular formula is C12H18O. The van der Waals surface area contributed by atoms with E-state index in [0.717, 1.165) is 23.7 Å². The summed E-state index contributed by atoms with van der Waals surface area (Å²) >= 11 is 0. The summed E-state index contributed by atoms with van der Waals surface area (Å²) in [5, 5.41) is 0. The second-order valence-electron chi connectivity index (χ2n) is 6.02. The van der Waals surface area contributed by atoms with Gasteiger partial charge in [0.05, 0.1) is 11.7 Å². The molecule has 4 fully saturated rings. The van der Waals surface area contributed by atoms with Crippen LogP contribution >= 0.6 is 0 Å². The van der Waals surface area contributed by atoms with E-state index >= 15 is 0 Å². The largest absolute Gasteiger partial charge is 0.366 e. The lowest BCUT2D eigenvalue weighted by Crippen LogP contribution is -2.33. The van der Waals surface area contributed by atoms with E-state index in [9.17, 15) is 0 Å². The summed E-state index contributed by atoms with van der Waals surface area (Å²) in [4.78, 5) is 0. The molecule has 1 aliphatic heterocycles. The number of hydrogen-bond donors (Lipinski definition) is 0. The minimum Gasteiger partial charge on any atom is -0.366 e. The van der Waals surface area contributed by atoms with E-state index in [1.165, 1.54) is 25.7 Å². The molecule has 4 rings (SSSR count).